The summed E-state index contributed by atoms with van der Waals surface area (Å²) in [5, 5.41) is 2.87. The van der Waals surface area contributed by atoms with E-state index < -0.39 is 5.82 Å². The molecule has 1 aromatic rings. The topological polar surface area (TPSA) is 58.6 Å². The number of benzene rings is 1. The molecule has 1 amide bonds. The molecular formula is C16H21FN2O3. The molecule has 2 rings (SSSR count). The van der Waals surface area contributed by atoms with Crippen LogP contribution in [0.2, 0.25) is 0 Å². The number of nitrogens with one attached hydrogen (secondary N) is 1. The zero-order valence-corrected chi connectivity index (χ0v) is 13.1. The van der Waals surface area contributed by atoms with Gasteiger partial charge in [0.2, 0.25) is 5.91 Å². The van der Waals surface area contributed by atoms with Crippen LogP contribution < -0.4 is 5.32 Å². The first-order chi connectivity index (χ1) is 10.4. The zero-order chi connectivity index (χ0) is 16.3. The molecule has 22 heavy (non-hydrogen) atoms. The number of amides is 1. The van der Waals surface area contributed by atoms with Crippen LogP contribution in [-0.2, 0) is 9.53 Å². The number of hydrogen-bond donors (Lipinski definition) is 1. The lowest BCUT2D eigenvalue weighted by atomic mass is 10.1. The molecule has 6 heteroatoms. The molecule has 1 N–H and O–H groups in total. The summed E-state index contributed by atoms with van der Waals surface area (Å²) in [4.78, 5) is 25.5. The standard InChI is InChI=1S/C16H21FN2O3/c1-10-8-19(9-11(2)22-10)16(21)7-18-15-6-13(17)4-5-14(15)12(3)20/h4-6,10-11,18H,7-9H2,1-3H3/t10-,11-/m0/s1. The van der Waals surface area contributed by atoms with Crippen LogP contribution in [0.15, 0.2) is 18.2 Å². The summed E-state index contributed by atoms with van der Waals surface area (Å²) in [7, 11) is 0. The molecule has 1 aliphatic heterocycles. The maximum atomic E-state index is 13.3. The SMILES string of the molecule is CC(=O)c1ccc(F)cc1NCC(=O)N1C[C@H](C)O[C@@H](C)C1. The van der Waals surface area contributed by atoms with Crippen molar-refractivity contribution in [2.24, 2.45) is 0 Å². The highest BCUT2D eigenvalue weighted by Crippen LogP contribution is 2.18. The van der Waals surface area contributed by atoms with E-state index in [-0.39, 0.29) is 30.4 Å². The van der Waals surface area contributed by atoms with Gasteiger partial charge in [-0.15, -0.1) is 0 Å². The Labute approximate surface area is 129 Å². The van der Waals surface area contributed by atoms with E-state index in [2.05, 4.69) is 5.32 Å². The van der Waals surface area contributed by atoms with Gasteiger partial charge in [0.1, 0.15) is 5.82 Å². The number of ether oxygens (including phenoxy) is 1. The molecule has 1 fully saturated rings. The van der Waals surface area contributed by atoms with Crippen molar-refractivity contribution >= 4 is 17.4 Å². The van der Waals surface area contributed by atoms with Crippen molar-refractivity contribution in [3.8, 4) is 0 Å². The minimum absolute atomic E-state index is 0.00495. The van der Waals surface area contributed by atoms with Gasteiger partial charge in [-0.05, 0) is 39.0 Å². The Morgan fingerprint density at radius 3 is 2.55 bits per heavy atom. The van der Waals surface area contributed by atoms with E-state index in [9.17, 15) is 14.0 Å². The maximum absolute atomic E-state index is 13.3. The van der Waals surface area contributed by atoms with Crippen molar-refractivity contribution in [1.29, 1.82) is 0 Å². The molecule has 1 aromatic carbocycles. The van der Waals surface area contributed by atoms with E-state index in [0.717, 1.165) is 0 Å². The molecule has 0 aromatic heterocycles. The van der Waals surface area contributed by atoms with E-state index in [1.807, 2.05) is 13.8 Å². The molecular weight excluding hydrogens is 287 g/mol. The third kappa shape index (κ3) is 4.04. The third-order valence-corrected chi connectivity index (χ3v) is 3.56. The van der Waals surface area contributed by atoms with Crippen molar-refractivity contribution in [3.05, 3.63) is 29.6 Å². The second kappa shape index (κ2) is 6.87. The van der Waals surface area contributed by atoms with E-state index in [1.165, 1.54) is 25.1 Å². The van der Waals surface area contributed by atoms with Gasteiger partial charge in [-0.2, -0.15) is 0 Å². The normalized spacial score (nSPS) is 21.5. The van der Waals surface area contributed by atoms with Gasteiger partial charge < -0.3 is 15.0 Å². The number of nitrogens with zero attached hydrogens (tertiary/aromatic N) is 1. The summed E-state index contributed by atoms with van der Waals surface area (Å²) in [6.45, 7) is 6.34. The maximum Gasteiger partial charge on any atom is 0.242 e. The van der Waals surface area contributed by atoms with Gasteiger partial charge in [0, 0.05) is 24.3 Å². The fourth-order valence-electron chi connectivity index (χ4n) is 2.63. The molecule has 5 nitrogen and oxygen atoms in total. The Morgan fingerprint density at radius 2 is 1.95 bits per heavy atom. The smallest absolute Gasteiger partial charge is 0.242 e. The molecule has 0 bridgehead atoms. The first kappa shape index (κ1) is 16.4. The largest absolute Gasteiger partial charge is 0.375 e. The Bertz CT molecular complexity index is 567. The molecule has 0 unspecified atom stereocenters. The van der Waals surface area contributed by atoms with Crippen LogP contribution in [0.4, 0.5) is 10.1 Å². The van der Waals surface area contributed by atoms with Crippen LogP contribution in [0.25, 0.3) is 0 Å². The summed E-state index contributed by atoms with van der Waals surface area (Å²) >= 11 is 0. The Kier molecular flexibility index (Phi) is 5.13. The van der Waals surface area contributed by atoms with Crippen LogP contribution in [0.5, 0.6) is 0 Å². The molecule has 0 radical (unpaired) electrons. The fraction of sp³-hybridized carbons (Fsp3) is 0.500. The van der Waals surface area contributed by atoms with Crippen LogP contribution in [0.3, 0.4) is 0 Å². The number of carbonyl (C=O) groups is 2. The quantitative estimate of drug-likeness (QED) is 0.865. The molecule has 1 saturated heterocycles. The average Bonchev–Trinajstić information content (AvgIpc) is 2.43. The minimum atomic E-state index is -0.450. The van der Waals surface area contributed by atoms with Crippen molar-refractivity contribution in [3.63, 3.8) is 0 Å². The lowest BCUT2D eigenvalue weighted by Gasteiger charge is -2.35. The number of carbonyl (C=O) groups excluding carboxylic acids is 2. The van der Waals surface area contributed by atoms with Gasteiger partial charge in [0.05, 0.1) is 18.8 Å². The predicted molar refractivity (Wildman–Crippen MR) is 81.5 cm³/mol. The number of Topliss-reactive ketones (excluding diaryl/α,β-unsaturated/α-hetero) is 1. The Balaban J connectivity index is 2.02. The van der Waals surface area contributed by atoms with E-state index in [1.54, 1.807) is 4.90 Å². The number of ketones is 1. The highest BCUT2D eigenvalue weighted by molar-refractivity contribution is 6.00. The molecule has 0 saturated carbocycles. The van der Waals surface area contributed by atoms with Gasteiger partial charge in [-0.25, -0.2) is 4.39 Å². The molecule has 0 aliphatic carbocycles. The van der Waals surface area contributed by atoms with Crippen LogP contribution in [-0.4, -0.2) is 48.4 Å². The summed E-state index contributed by atoms with van der Waals surface area (Å²) in [6.07, 6.45) is -0.00991. The molecule has 1 heterocycles. The summed E-state index contributed by atoms with van der Waals surface area (Å²) in [5.74, 6) is -0.724. The number of halogens is 1. The van der Waals surface area contributed by atoms with Gasteiger partial charge >= 0.3 is 0 Å². The summed E-state index contributed by atoms with van der Waals surface area (Å²) < 4.78 is 18.9. The number of anilines is 1. The first-order valence-corrected chi connectivity index (χ1v) is 7.34. The van der Waals surface area contributed by atoms with Crippen molar-refractivity contribution in [2.75, 3.05) is 25.0 Å². The summed E-state index contributed by atoms with van der Waals surface area (Å²) in [6, 6.07) is 3.88. The molecule has 2 atom stereocenters. The predicted octanol–water partition coefficient (Wildman–Crippen LogP) is 2.08. The second-order valence-electron chi connectivity index (χ2n) is 5.66. The summed E-state index contributed by atoms with van der Waals surface area (Å²) in [5.41, 5.74) is 0.716. The van der Waals surface area contributed by atoms with Gasteiger partial charge in [-0.1, -0.05) is 0 Å². The Hall–Kier alpha value is -1.95. The monoisotopic (exact) mass is 308 g/mol. The average molecular weight is 308 g/mol. The highest BCUT2D eigenvalue weighted by atomic mass is 19.1. The minimum Gasteiger partial charge on any atom is -0.375 e. The zero-order valence-electron chi connectivity index (χ0n) is 13.1. The van der Waals surface area contributed by atoms with Crippen LogP contribution in [0, 0.1) is 5.82 Å². The first-order valence-electron chi connectivity index (χ1n) is 7.34. The molecule has 1 aliphatic rings. The number of rotatable bonds is 4. The van der Waals surface area contributed by atoms with Gasteiger partial charge in [0.25, 0.3) is 0 Å². The van der Waals surface area contributed by atoms with Crippen molar-refractivity contribution in [2.45, 2.75) is 33.0 Å². The van der Waals surface area contributed by atoms with Crippen molar-refractivity contribution in [1.82, 2.24) is 4.90 Å². The molecule has 120 valence electrons. The van der Waals surface area contributed by atoms with Gasteiger partial charge in [0.15, 0.2) is 5.78 Å². The third-order valence-electron chi connectivity index (χ3n) is 3.56. The lowest BCUT2D eigenvalue weighted by Crippen LogP contribution is -2.49. The van der Waals surface area contributed by atoms with Crippen molar-refractivity contribution < 1.29 is 18.7 Å². The Morgan fingerprint density at radius 1 is 1.32 bits per heavy atom. The van der Waals surface area contributed by atoms with Gasteiger partial charge in [-0.3, -0.25) is 9.59 Å². The number of morpholine rings is 1. The number of hydrogen-bond acceptors (Lipinski definition) is 4. The van der Waals surface area contributed by atoms with E-state index >= 15 is 0 Å². The van der Waals surface area contributed by atoms with E-state index in [0.29, 0.717) is 24.3 Å². The van der Waals surface area contributed by atoms with Crippen LogP contribution in [0.1, 0.15) is 31.1 Å². The van der Waals surface area contributed by atoms with Crippen LogP contribution >= 0.6 is 0 Å². The van der Waals surface area contributed by atoms with E-state index in [4.69, 9.17) is 4.74 Å². The fourth-order valence-corrected chi connectivity index (χ4v) is 2.63. The lowest BCUT2D eigenvalue weighted by molar-refractivity contribution is -0.141. The second-order valence-corrected chi connectivity index (χ2v) is 5.66. The highest BCUT2D eigenvalue weighted by Gasteiger charge is 2.25. The molecule has 0 spiro atoms.